The Morgan fingerprint density at radius 3 is 2.80 bits per heavy atom. The van der Waals surface area contributed by atoms with Crippen LogP contribution in [0.5, 0.6) is 0 Å². The van der Waals surface area contributed by atoms with E-state index in [9.17, 15) is 0 Å². The first kappa shape index (κ1) is 12.7. The van der Waals surface area contributed by atoms with Crippen molar-refractivity contribution in [2.45, 2.75) is 33.4 Å². The van der Waals surface area contributed by atoms with Gasteiger partial charge in [-0.05, 0) is 31.8 Å². The fraction of sp³-hybridized carbons (Fsp3) is 0.667. The maximum absolute atomic E-state index is 3.48. The van der Waals surface area contributed by atoms with E-state index in [0.717, 1.165) is 26.2 Å². The molecule has 1 aromatic heterocycles. The summed E-state index contributed by atoms with van der Waals surface area (Å²) in [5, 5.41) is 5.60. The van der Waals surface area contributed by atoms with Crippen molar-refractivity contribution in [3.63, 3.8) is 0 Å². The largest absolute Gasteiger partial charge is 0.311 e. The van der Waals surface area contributed by atoms with Crippen LogP contribution in [-0.4, -0.2) is 30.6 Å². The van der Waals surface area contributed by atoms with Crippen molar-refractivity contribution in [2.24, 2.45) is 0 Å². The van der Waals surface area contributed by atoms with Crippen molar-refractivity contribution in [2.75, 3.05) is 19.6 Å². The smallest absolute Gasteiger partial charge is 0.0300 e. The van der Waals surface area contributed by atoms with Crippen LogP contribution in [0.15, 0.2) is 17.5 Å². The van der Waals surface area contributed by atoms with Gasteiger partial charge >= 0.3 is 0 Å². The molecule has 86 valence electrons. The molecule has 0 radical (unpaired) electrons. The molecule has 0 bridgehead atoms. The van der Waals surface area contributed by atoms with Crippen molar-refractivity contribution >= 4 is 11.3 Å². The molecule has 15 heavy (non-hydrogen) atoms. The highest BCUT2D eigenvalue weighted by Crippen LogP contribution is 2.07. The van der Waals surface area contributed by atoms with Gasteiger partial charge in [0.2, 0.25) is 0 Å². The van der Waals surface area contributed by atoms with Gasteiger partial charge in [-0.1, -0.05) is 13.0 Å². The number of nitrogens with one attached hydrogen (secondary N) is 1. The minimum atomic E-state index is 0.651. The third-order valence-corrected chi connectivity index (χ3v) is 3.47. The van der Waals surface area contributed by atoms with Crippen LogP contribution in [0.1, 0.15) is 25.6 Å². The lowest BCUT2D eigenvalue weighted by molar-refractivity contribution is 0.234. The molecule has 0 aliphatic carbocycles. The molecule has 1 aromatic rings. The Labute approximate surface area is 97.3 Å². The van der Waals surface area contributed by atoms with Gasteiger partial charge < -0.3 is 5.32 Å². The van der Waals surface area contributed by atoms with Crippen LogP contribution >= 0.6 is 11.3 Å². The lowest BCUT2D eigenvalue weighted by atomic mass is 10.3. The second-order valence-corrected chi connectivity index (χ2v) is 5.01. The van der Waals surface area contributed by atoms with E-state index in [0.29, 0.717) is 6.04 Å². The van der Waals surface area contributed by atoms with Crippen molar-refractivity contribution in [3.05, 3.63) is 22.4 Å². The number of hydrogen-bond donors (Lipinski definition) is 1. The normalized spacial score (nSPS) is 11.5. The first-order chi connectivity index (χ1) is 7.24. The molecule has 3 heteroatoms. The summed E-state index contributed by atoms with van der Waals surface area (Å²) in [7, 11) is 0. The molecule has 1 N–H and O–H groups in total. The maximum atomic E-state index is 3.48. The fourth-order valence-electron chi connectivity index (χ4n) is 1.63. The SMILES string of the molecule is CCN(CCNCc1cccs1)C(C)C. The quantitative estimate of drug-likeness (QED) is 0.719. The monoisotopic (exact) mass is 226 g/mol. The molecular formula is C12H22N2S. The Hall–Kier alpha value is -0.380. The summed E-state index contributed by atoms with van der Waals surface area (Å²) in [5.41, 5.74) is 0. The van der Waals surface area contributed by atoms with Gasteiger partial charge in [-0.3, -0.25) is 4.90 Å². The number of thiophene rings is 1. The molecule has 0 fully saturated rings. The maximum Gasteiger partial charge on any atom is 0.0300 e. The van der Waals surface area contributed by atoms with Crippen molar-refractivity contribution < 1.29 is 0 Å². The van der Waals surface area contributed by atoms with E-state index >= 15 is 0 Å². The first-order valence-electron chi connectivity index (χ1n) is 5.71. The summed E-state index contributed by atoms with van der Waals surface area (Å²) in [6.45, 7) is 11.1. The number of likely N-dealkylation sites (N-methyl/N-ethyl adjacent to an activating group) is 1. The zero-order valence-electron chi connectivity index (χ0n) is 9.99. The van der Waals surface area contributed by atoms with E-state index in [2.05, 4.69) is 48.5 Å². The lowest BCUT2D eigenvalue weighted by Gasteiger charge is -2.24. The molecule has 0 amide bonds. The zero-order valence-corrected chi connectivity index (χ0v) is 10.8. The van der Waals surface area contributed by atoms with Crippen LogP contribution in [0.2, 0.25) is 0 Å². The van der Waals surface area contributed by atoms with Gasteiger partial charge in [-0.2, -0.15) is 0 Å². The van der Waals surface area contributed by atoms with E-state index in [4.69, 9.17) is 0 Å². The highest BCUT2D eigenvalue weighted by atomic mass is 32.1. The van der Waals surface area contributed by atoms with Gasteiger partial charge in [0.25, 0.3) is 0 Å². The molecule has 0 spiro atoms. The highest BCUT2D eigenvalue weighted by Gasteiger charge is 2.05. The van der Waals surface area contributed by atoms with Crippen LogP contribution in [-0.2, 0) is 6.54 Å². The number of rotatable bonds is 7. The summed E-state index contributed by atoms with van der Waals surface area (Å²) in [5.74, 6) is 0. The average Bonchev–Trinajstić information content (AvgIpc) is 2.70. The van der Waals surface area contributed by atoms with Crippen molar-refractivity contribution in [1.29, 1.82) is 0 Å². The predicted molar refractivity (Wildman–Crippen MR) is 68.4 cm³/mol. The van der Waals surface area contributed by atoms with Crippen molar-refractivity contribution in [3.8, 4) is 0 Å². The summed E-state index contributed by atoms with van der Waals surface area (Å²) in [6, 6.07) is 4.94. The van der Waals surface area contributed by atoms with Crippen LogP contribution in [0.4, 0.5) is 0 Å². The second kappa shape index (κ2) is 6.99. The van der Waals surface area contributed by atoms with Crippen molar-refractivity contribution in [1.82, 2.24) is 10.2 Å². The fourth-order valence-corrected chi connectivity index (χ4v) is 2.30. The van der Waals surface area contributed by atoms with Crippen LogP contribution in [0.3, 0.4) is 0 Å². The van der Waals surface area contributed by atoms with E-state index in [1.165, 1.54) is 4.88 Å². The molecule has 2 nitrogen and oxygen atoms in total. The minimum Gasteiger partial charge on any atom is -0.311 e. The standard InChI is InChI=1S/C12H22N2S/c1-4-14(11(2)3)8-7-13-10-12-6-5-9-15-12/h5-6,9,11,13H,4,7-8,10H2,1-3H3. The molecular weight excluding hydrogens is 204 g/mol. The summed E-state index contributed by atoms with van der Waals surface area (Å²) < 4.78 is 0. The van der Waals surface area contributed by atoms with Gasteiger partial charge in [0, 0.05) is 30.6 Å². The molecule has 1 rings (SSSR count). The van der Waals surface area contributed by atoms with Gasteiger partial charge in [0.1, 0.15) is 0 Å². The number of hydrogen-bond acceptors (Lipinski definition) is 3. The molecule has 0 unspecified atom stereocenters. The third kappa shape index (κ3) is 4.78. The van der Waals surface area contributed by atoms with E-state index in [1.807, 2.05) is 11.3 Å². The summed E-state index contributed by atoms with van der Waals surface area (Å²) in [6.07, 6.45) is 0. The molecule has 0 saturated heterocycles. The molecule has 0 atom stereocenters. The first-order valence-corrected chi connectivity index (χ1v) is 6.59. The zero-order chi connectivity index (χ0) is 11.1. The summed E-state index contributed by atoms with van der Waals surface area (Å²) >= 11 is 1.82. The van der Waals surface area contributed by atoms with Gasteiger partial charge in [0.05, 0.1) is 0 Å². The second-order valence-electron chi connectivity index (χ2n) is 3.98. The van der Waals surface area contributed by atoms with Gasteiger partial charge in [-0.25, -0.2) is 0 Å². The molecule has 0 aliphatic rings. The average molecular weight is 226 g/mol. The molecule has 0 aromatic carbocycles. The Bertz CT molecular complexity index is 244. The van der Waals surface area contributed by atoms with E-state index in [1.54, 1.807) is 0 Å². The van der Waals surface area contributed by atoms with Gasteiger partial charge in [0.15, 0.2) is 0 Å². The molecule has 1 heterocycles. The van der Waals surface area contributed by atoms with E-state index < -0.39 is 0 Å². The third-order valence-electron chi connectivity index (χ3n) is 2.59. The molecule has 0 saturated carbocycles. The Kier molecular flexibility index (Phi) is 5.91. The van der Waals surface area contributed by atoms with Gasteiger partial charge in [-0.15, -0.1) is 11.3 Å². The topological polar surface area (TPSA) is 15.3 Å². The van der Waals surface area contributed by atoms with Crippen LogP contribution in [0, 0.1) is 0 Å². The Morgan fingerprint density at radius 1 is 1.47 bits per heavy atom. The van der Waals surface area contributed by atoms with Crippen LogP contribution in [0.25, 0.3) is 0 Å². The predicted octanol–water partition coefficient (Wildman–Crippen LogP) is 2.57. The highest BCUT2D eigenvalue weighted by molar-refractivity contribution is 7.09. The minimum absolute atomic E-state index is 0.651. The number of nitrogens with zero attached hydrogens (tertiary/aromatic N) is 1. The van der Waals surface area contributed by atoms with E-state index in [-0.39, 0.29) is 0 Å². The Balaban J connectivity index is 2.10. The summed E-state index contributed by atoms with van der Waals surface area (Å²) in [4.78, 5) is 3.89. The molecule has 0 aliphatic heterocycles. The lowest BCUT2D eigenvalue weighted by Crippen LogP contribution is -2.36. The Morgan fingerprint density at radius 2 is 2.27 bits per heavy atom. The van der Waals surface area contributed by atoms with Crippen LogP contribution < -0.4 is 5.32 Å².